The van der Waals surface area contributed by atoms with Crippen molar-refractivity contribution in [2.75, 3.05) is 7.05 Å². The van der Waals surface area contributed by atoms with E-state index in [0.717, 1.165) is 16.7 Å². The Labute approximate surface area is 125 Å². The van der Waals surface area contributed by atoms with E-state index in [1.807, 2.05) is 51.2 Å². The number of hydrogen-bond acceptors (Lipinski definition) is 2. The van der Waals surface area contributed by atoms with Gasteiger partial charge in [-0.3, -0.25) is 4.98 Å². The molecule has 0 aliphatic heterocycles. The van der Waals surface area contributed by atoms with Crippen LogP contribution in [-0.4, -0.2) is 12.0 Å². The number of aryl methyl sites for hydroxylation is 1. The number of benzene rings is 1. The zero-order valence-corrected chi connectivity index (χ0v) is 13.7. The van der Waals surface area contributed by atoms with Gasteiger partial charge in [-0.1, -0.05) is 49.7 Å². The molecule has 0 saturated heterocycles. The summed E-state index contributed by atoms with van der Waals surface area (Å²) in [6.07, 6.45) is 1.80. The monoisotopic (exact) mass is 322 g/mol. The van der Waals surface area contributed by atoms with E-state index in [2.05, 4.69) is 45.3 Å². The average molecular weight is 323 g/mol. The Morgan fingerprint density at radius 3 is 2.05 bits per heavy atom. The number of hydrogen-bond donors (Lipinski definition) is 1. The van der Waals surface area contributed by atoms with Crippen molar-refractivity contribution >= 4 is 15.9 Å². The Bertz CT molecular complexity index is 413. The van der Waals surface area contributed by atoms with Gasteiger partial charge in [-0.05, 0) is 42.0 Å². The largest absolute Gasteiger partial charge is 0.314 e. The van der Waals surface area contributed by atoms with Gasteiger partial charge in [0.2, 0.25) is 0 Å². The van der Waals surface area contributed by atoms with Crippen LogP contribution in [0.25, 0.3) is 0 Å². The molecule has 0 fully saturated rings. The standard InChI is InChI=1S/C7H9BrN2.C7H8.C2H6/c1-9-5-7-3-2-6(8)4-10-7;1-7-5-3-2-4-6-7;1-2/h2-4,9H,5H2,1H3;2-6H,1H3;1-2H3. The average Bonchev–Trinajstić information content (AvgIpc) is 2.45. The fraction of sp³-hybridized carbons (Fsp3) is 0.312. The summed E-state index contributed by atoms with van der Waals surface area (Å²) in [5, 5.41) is 3.03. The molecule has 0 spiro atoms. The highest BCUT2D eigenvalue weighted by atomic mass is 79.9. The molecule has 2 nitrogen and oxygen atoms in total. The maximum Gasteiger partial charge on any atom is 0.0542 e. The lowest BCUT2D eigenvalue weighted by atomic mass is 10.2. The third kappa shape index (κ3) is 9.40. The van der Waals surface area contributed by atoms with Crippen molar-refractivity contribution in [3.8, 4) is 0 Å². The molecule has 1 N–H and O–H groups in total. The Morgan fingerprint density at radius 2 is 1.68 bits per heavy atom. The van der Waals surface area contributed by atoms with Gasteiger partial charge in [0.05, 0.1) is 5.69 Å². The Kier molecular flexibility index (Phi) is 11.1. The Hall–Kier alpha value is -1.19. The van der Waals surface area contributed by atoms with Crippen LogP contribution in [0.3, 0.4) is 0 Å². The van der Waals surface area contributed by atoms with E-state index in [1.165, 1.54) is 5.56 Å². The second kappa shape index (κ2) is 11.9. The molecule has 1 aromatic carbocycles. The van der Waals surface area contributed by atoms with Crippen molar-refractivity contribution in [2.45, 2.75) is 27.3 Å². The number of nitrogens with zero attached hydrogens (tertiary/aromatic N) is 1. The van der Waals surface area contributed by atoms with Crippen LogP contribution in [0.1, 0.15) is 25.1 Å². The lowest BCUT2D eigenvalue weighted by molar-refractivity contribution is 0.790. The highest BCUT2D eigenvalue weighted by Gasteiger charge is 1.89. The van der Waals surface area contributed by atoms with Gasteiger partial charge in [-0.2, -0.15) is 0 Å². The van der Waals surface area contributed by atoms with E-state index in [-0.39, 0.29) is 0 Å². The van der Waals surface area contributed by atoms with Gasteiger partial charge in [-0.25, -0.2) is 0 Å². The minimum Gasteiger partial charge on any atom is -0.314 e. The number of halogens is 1. The number of nitrogens with one attached hydrogen (secondary N) is 1. The first kappa shape index (κ1) is 17.8. The van der Waals surface area contributed by atoms with Crippen LogP contribution in [0, 0.1) is 6.92 Å². The van der Waals surface area contributed by atoms with Crippen molar-refractivity contribution in [1.82, 2.24) is 10.3 Å². The quantitative estimate of drug-likeness (QED) is 0.875. The summed E-state index contributed by atoms with van der Waals surface area (Å²) < 4.78 is 1.02. The predicted octanol–water partition coefficient (Wildman–Crippen LogP) is 4.58. The summed E-state index contributed by atoms with van der Waals surface area (Å²) in [4.78, 5) is 4.16. The predicted molar refractivity (Wildman–Crippen MR) is 87.2 cm³/mol. The van der Waals surface area contributed by atoms with Crippen LogP contribution < -0.4 is 5.32 Å². The van der Waals surface area contributed by atoms with E-state index < -0.39 is 0 Å². The normalized spacial score (nSPS) is 8.68. The van der Waals surface area contributed by atoms with E-state index >= 15 is 0 Å². The van der Waals surface area contributed by atoms with Crippen LogP contribution in [0.5, 0.6) is 0 Å². The van der Waals surface area contributed by atoms with Crippen molar-refractivity contribution < 1.29 is 0 Å². The highest BCUT2D eigenvalue weighted by molar-refractivity contribution is 9.10. The molecule has 0 saturated carbocycles. The summed E-state index contributed by atoms with van der Waals surface area (Å²) >= 11 is 3.31. The van der Waals surface area contributed by atoms with Gasteiger partial charge in [0, 0.05) is 17.2 Å². The molecule has 3 heteroatoms. The molecule has 104 valence electrons. The fourth-order valence-corrected chi connectivity index (χ4v) is 1.46. The zero-order valence-electron chi connectivity index (χ0n) is 12.2. The molecule has 0 radical (unpaired) electrons. The maximum atomic E-state index is 4.16. The van der Waals surface area contributed by atoms with Crippen LogP contribution in [0.2, 0.25) is 0 Å². The molecule has 2 rings (SSSR count). The first-order valence-electron chi connectivity index (χ1n) is 6.49. The minimum atomic E-state index is 0.827. The van der Waals surface area contributed by atoms with Gasteiger partial charge in [0.25, 0.3) is 0 Å². The molecule has 1 aromatic heterocycles. The lowest BCUT2D eigenvalue weighted by Crippen LogP contribution is -2.06. The molecule has 0 bridgehead atoms. The smallest absolute Gasteiger partial charge is 0.0542 e. The van der Waals surface area contributed by atoms with Crippen molar-refractivity contribution in [2.24, 2.45) is 0 Å². The first-order valence-corrected chi connectivity index (χ1v) is 7.28. The second-order valence-corrected chi connectivity index (χ2v) is 4.57. The van der Waals surface area contributed by atoms with E-state index in [9.17, 15) is 0 Å². The van der Waals surface area contributed by atoms with Crippen molar-refractivity contribution in [1.29, 1.82) is 0 Å². The topological polar surface area (TPSA) is 24.9 Å². The van der Waals surface area contributed by atoms with Crippen LogP contribution >= 0.6 is 15.9 Å². The highest BCUT2D eigenvalue weighted by Crippen LogP contribution is 2.06. The summed E-state index contributed by atoms with van der Waals surface area (Å²) in [5.74, 6) is 0. The molecule has 0 aliphatic rings. The van der Waals surface area contributed by atoms with E-state index in [4.69, 9.17) is 0 Å². The van der Waals surface area contributed by atoms with Crippen LogP contribution in [0.4, 0.5) is 0 Å². The van der Waals surface area contributed by atoms with Gasteiger partial charge in [-0.15, -0.1) is 0 Å². The Morgan fingerprint density at radius 1 is 1.05 bits per heavy atom. The SMILES string of the molecule is CC.CNCc1ccc(Br)cn1.Cc1ccccc1. The van der Waals surface area contributed by atoms with Crippen LogP contribution in [0.15, 0.2) is 53.1 Å². The number of pyridine rings is 1. The van der Waals surface area contributed by atoms with E-state index in [0.29, 0.717) is 0 Å². The fourth-order valence-electron chi connectivity index (χ4n) is 1.23. The maximum absolute atomic E-state index is 4.16. The Balaban J connectivity index is 0.000000316. The number of aromatic nitrogens is 1. The van der Waals surface area contributed by atoms with Gasteiger partial charge in [0.15, 0.2) is 0 Å². The van der Waals surface area contributed by atoms with Crippen molar-refractivity contribution in [3.63, 3.8) is 0 Å². The molecule has 19 heavy (non-hydrogen) atoms. The zero-order chi connectivity index (χ0) is 14.5. The first-order chi connectivity index (χ1) is 9.22. The lowest BCUT2D eigenvalue weighted by Gasteiger charge is -1.96. The van der Waals surface area contributed by atoms with E-state index in [1.54, 1.807) is 6.20 Å². The van der Waals surface area contributed by atoms with Gasteiger partial charge in [0.1, 0.15) is 0 Å². The summed E-state index contributed by atoms with van der Waals surface area (Å²) in [5.41, 5.74) is 2.38. The minimum absolute atomic E-state index is 0.827. The molecule has 2 aromatic rings. The van der Waals surface area contributed by atoms with Gasteiger partial charge < -0.3 is 5.32 Å². The molecule has 1 heterocycles. The second-order valence-electron chi connectivity index (χ2n) is 3.65. The number of rotatable bonds is 2. The molecule has 0 amide bonds. The molecular formula is C16H23BrN2. The third-order valence-corrected chi connectivity index (χ3v) is 2.56. The summed E-state index contributed by atoms with van der Waals surface area (Å²) in [7, 11) is 1.91. The third-order valence-electron chi connectivity index (χ3n) is 2.09. The molecule has 0 unspecified atom stereocenters. The van der Waals surface area contributed by atoms with Crippen molar-refractivity contribution in [3.05, 3.63) is 64.4 Å². The summed E-state index contributed by atoms with van der Waals surface area (Å²) in [6.45, 7) is 6.91. The molecule has 0 atom stereocenters. The molecular weight excluding hydrogens is 300 g/mol. The molecule has 0 aliphatic carbocycles. The van der Waals surface area contributed by atoms with Gasteiger partial charge >= 0.3 is 0 Å². The van der Waals surface area contributed by atoms with Crippen LogP contribution in [-0.2, 0) is 6.54 Å². The summed E-state index contributed by atoms with van der Waals surface area (Å²) in [6, 6.07) is 14.2.